The third-order valence-electron chi connectivity index (χ3n) is 2.39. The lowest BCUT2D eigenvalue weighted by atomic mass is 9.82. The monoisotopic (exact) mass is 214 g/mol. The summed E-state index contributed by atoms with van der Waals surface area (Å²) < 4.78 is 0.872. The van der Waals surface area contributed by atoms with E-state index in [9.17, 15) is 0 Å². The van der Waals surface area contributed by atoms with Gasteiger partial charge in [0, 0.05) is 11.6 Å². The molecule has 1 N–H and O–H groups in total. The molecule has 0 bridgehead atoms. The molecule has 3 heteroatoms. The van der Waals surface area contributed by atoms with Gasteiger partial charge in [-0.25, -0.2) is 4.98 Å². The van der Waals surface area contributed by atoms with E-state index >= 15 is 0 Å². The van der Waals surface area contributed by atoms with E-state index in [4.69, 9.17) is 0 Å². The highest BCUT2D eigenvalue weighted by Gasteiger charge is 2.23. The van der Waals surface area contributed by atoms with E-state index in [2.05, 4.69) is 32.8 Å². The van der Waals surface area contributed by atoms with Gasteiger partial charge in [0.15, 0.2) is 4.73 Å². The Morgan fingerprint density at radius 3 is 2.64 bits per heavy atom. The van der Waals surface area contributed by atoms with E-state index in [1.807, 2.05) is 0 Å². The Hall–Kier alpha value is -0.310. The quantitative estimate of drug-likeness (QED) is 0.766. The minimum absolute atomic E-state index is 0.734. The Kier molecular flexibility index (Phi) is 1.75. The second-order valence-corrected chi connectivity index (χ2v) is 3.92. The summed E-state index contributed by atoms with van der Waals surface area (Å²) in [6, 6.07) is 0. The smallest absolute Gasteiger partial charge is 0.174 e. The van der Waals surface area contributed by atoms with Crippen LogP contribution in [0.2, 0.25) is 0 Å². The van der Waals surface area contributed by atoms with Crippen molar-refractivity contribution in [3.8, 4) is 0 Å². The highest BCUT2D eigenvalue weighted by Crippen LogP contribution is 2.37. The number of hydrogen-bond acceptors (Lipinski definition) is 1. The number of halogens is 1. The van der Waals surface area contributed by atoms with Crippen LogP contribution in [0.5, 0.6) is 0 Å². The molecule has 1 heterocycles. The lowest BCUT2D eigenvalue weighted by Crippen LogP contribution is -2.10. The number of nitrogens with zero attached hydrogens (tertiary/aromatic N) is 1. The van der Waals surface area contributed by atoms with E-state index in [0.717, 1.165) is 10.7 Å². The number of H-pyrrole nitrogens is 1. The van der Waals surface area contributed by atoms with Gasteiger partial charge in [-0.3, -0.25) is 0 Å². The maximum atomic E-state index is 4.39. The fraction of sp³-hybridized carbons (Fsp3) is 0.625. The summed E-state index contributed by atoms with van der Waals surface area (Å²) in [7, 11) is 0. The molecule has 1 fully saturated rings. The van der Waals surface area contributed by atoms with Crippen LogP contribution in [-0.4, -0.2) is 9.97 Å². The summed E-state index contributed by atoms with van der Waals surface area (Å²) in [6.07, 6.45) is 4.00. The van der Waals surface area contributed by atoms with Crippen molar-refractivity contribution in [3.63, 3.8) is 0 Å². The molecule has 0 amide bonds. The molecule has 0 atom stereocenters. The normalized spacial score (nSPS) is 18.4. The zero-order valence-corrected chi connectivity index (χ0v) is 8.11. The standard InChI is InChI=1S/C8H11BrN2/c1-5-7(6-3-2-4-6)11-8(9)10-5/h6H,2-4H2,1H3,(H,10,11). The second kappa shape index (κ2) is 2.63. The molecule has 0 radical (unpaired) electrons. The van der Waals surface area contributed by atoms with Gasteiger partial charge >= 0.3 is 0 Å². The summed E-state index contributed by atoms with van der Waals surface area (Å²) in [4.78, 5) is 7.56. The van der Waals surface area contributed by atoms with Crippen LogP contribution in [-0.2, 0) is 0 Å². The first-order valence-corrected chi connectivity index (χ1v) is 4.78. The Morgan fingerprint density at radius 2 is 2.27 bits per heavy atom. The molecule has 60 valence electrons. The predicted molar refractivity (Wildman–Crippen MR) is 47.6 cm³/mol. The first kappa shape index (κ1) is 7.35. The van der Waals surface area contributed by atoms with Crippen LogP contribution in [0.25, 0.3) is 0 Å². The maximum absolute atomic E-state index is 4.39. The predicted octanol–water partition coefficient (Wildman–Crippen LogP) is 2.75. The molecular formula is C8H11BrN2. The van der Waals surface area contributed by atoms with E-state index in [1.165, 1.54) is 30.7 Å². The first-order chi connectivity index (χ1) is 5.27. The Balaban J connectivity index is 2.28. The van der Waals surface area contributed by atoms with Crippen molar-refractivity contribution in [2.75, 3.05) is 0 Å². The van der Waals surface area contributed by atoms with Gasteiger partial charge in [-0.05, 0) is 35.7 Å². The number of nitrogens with one attached hydrogen (secondary N) is 1. The molecule has 1 aliphatic carbocycles. The van der Waals surface area contributed by atoms with Gasteiger partial charge in [0.05, 0.1) is 5.69 Å². The van der Waals surface area contributed by atoms with Crippen LogP contribution in [0.15, 0.2) is 4.73 Å². The van der Waals surface area contributed by atoms with Crippen LogP contribution >= 0.6 is 15.9 Å². The average Bonchev–Trinajstić information content (AvgIpc) is 2.07. The molecule has 0 spiro atoms. The molecule has 1 aromatic heterocycles. The summed E-state index contributed by atoms with van der Waals surface area (Å²) in [6.45, 7) is 2.09. The van der Waals surface area contributed by atoms with Crippen molar-refractivity contribution < 1.29 is 0 Å². The summed E-state index contributed by atoms with van der Waals surface area (Å²) >= 11 is 3.34. The maximum Gasteiger partial charge on any atom is 0.174 e. The number of hydrogen-bond donors (Lipinski definition) is 1. The zero-order chi connectivity index (χ0) is 7.84. The van der Waals surface area contributed by atoms with Gasteiger partial charge in [0.1, 0.15) is 0 Å². The Morgan fingerprint density at radius 1 is 1.55 bits per heavy atom. The van der Waals surface area contributed by atoms with Gasteiger partial charge in [-0.1, -0.05) is 6.42 Å². The first-order valence-electron chi connectivity index (χ1n) is 3.99. The molecule has 1 aliphatic rings. The minimum atomic E-state index is 0.734. The van der Waals surface area contributed by atoms with Crippen molar-refractivity contribution in [3.05, 3.63) is 16.1 Å². The highest BCUT2D eigenvalue weighted by molar-refractivity contribution is 9.10. The lowest BCUT2D eigenvalue weighted by molar-refractivity contribution is 0.410. The van der Waals surface area contributed by atoms with Crippen molar-refractivity contribution >= 4 is 15.9 Å². The lowest BCUT2D eigenvalue weighted by Gasteiger charge is -2.23. The summed E-state index contributed by atoms with van der Waals surface area (Å²) in [5.74, 6) is 0.734. The Bertz CT molecular complexity index is 263. The van der Waals surface area contributed by atoms with E-state index < -0.39 is 0 Å². The number of aryl methyl sites for hydroxylation is 1. The SMILES string of the molecule is Cc1[nH]c(Br)nc1C1CCC1. The molecule has 0 aliphatic heterocycles. The highest BCUT2D eigenvalue weighted by atomic mass is 79.9. The molecule has 1 aromatic rings. The number of aromatic nitrogens is 2. The van der Waals surface area contributed by atoms with E-state index in [1.54, 1.807) is 0 Å². The minimum Gasteiger partial charge on any atom is -0.336 e. The third kappa shape index (κ3) is 1.22. The van der Waals surface area contributed by atoms with Crippen LogP contribution < -0.4 is 0 Å². The largest absolute Gasteiger partial charge is 0.336 e. The Labute approximate surface area is 74.5 Å². The van der Waals surface area contributed by atoms with Crippen LogP contribution in [0.4, 0.5) is 0 Å². The summed E-state index contributed by atoms with van der Waals surface area (Å²) in [5.41, 5.74) is 2.49. The van der Waals surface area contributed by atoms with Crippen LogP contribution in [0.1, 0.15) is 36.6 Å². The number of rotatable bonds is 1. The van der Waals surface area contributed by atoms with Gasteiger partial charge in [0.2, 0.25) is 0 Å². The van der Waals surface area contributed by atoms with E-state index in [0.29, 0.717) is 0 Å². The molecule has 2 rings (SSSR count). The van der Waals surface area contributed by atoms with Crippen molar-refractivity contribution in [2.24, 2.45) is 0 Å². The van der Waals surface area contributed by atoms with Crippen molar-refractivity contribution in [1.29, 1.82) is 0 Å². The van der Waals surface area contributed by atoms with Crippen molar-refractivity contribution in [2.45, 2.75) is 32.1 Å². The van der Waals surface area contributed by atoms with E-state index in [-0.39, 0.29) is 0 Å². The van der Waals surface area contributed by atoms with Gasteiger partial charge in [-0.15, -0.1) is 0 Å². The number of aromatic amines is 1. The zero-order valence-electron chi connectivity index (χ0n) is 6.52. The molecule has 2 nitrogen and oxygen atoms in total. The van der Waals surface area contributed by atoms with Gasteiger partial charge in [-0.2, -0.15) is 0 Å². The number of imidazole rings is 1. The third-order valence-corrected chi connectivity index (χ3v) is 2.76. The molecule has 1 saturated carbocycles. The van der Waals surface area contributed by atoms with Crippen LogP contribution in [0.3, 0.4) is 0 Å². The molecular weight excluding hydrogens is 204 g/mol. The van der Waals surface area contributed by atoms with Gasteiger partial charge < -0.3 is 4.98 Å². The molecule has 11 heavy (non-hydrogen) atoms. The van der Waals surface area contributed by atoms with Crippen LogP contribution in [0, 0.1) is 6.92 Å². The molecule has 0 saturated heterocycles. The fourth-order valence-electron chi connectivity index (χ4n) is 1.52. The fourth-order valence-corrected chi connectivity index (χ4v) is 2.00. The summed E-state index contributed by atoms with van der Waals surface area (Å²) in [5, 5.41) is 0. The molecule has 0 unspecified atom stereocenters. The topological polar surface area (TPSA) is 28.7 Å². The second-order valence-electron chi connectivity index (χ2n) is 3.17. The van der Waals surface area contributed by atoms with Crippen molar-refractivity contribution in [1.82, 2.24) is 9.97 Å². The van der Waals surface area contributed by atoms with Gasteiger partial charge in [0.25, 0.3) is 0 Å². The molecule has 0 aromatic carbocycles. The average molecular weight is 215 g/mol.